The summed E-state index contributed by atoms with van der Waals surface area (Å²) in [6.07, 6.45) is -0.438. The molecule has 0 unspecified atom stereocenters. The number of hydrogen-bond acceptors (Lipinski definition) is 7. The first-order valence-corrected chi connectivity index (χ1v) is 10.4. The largest absolute Gasteiger partial charge is 0.480 e. The number of aliphatic imine (C=N–C) groups is 1. The minimum Gasteiger partial charge on any atom is -0.480 e. The maximum absolute atomic E-state index is 12.7. The Bertz CT molecular complexity index is 679. The molecule has 0 aromatic rings. The molecule has 0 aliphatic carbocycles. The van der Waals surface area contributed by atoms with Gasteiger partial charge in [-0.3, -0.25) is 19.4 Å². The highest BCUT2D eigenvalue weighted by molar-refractivity contribution is 5.94. The molecule has 0 rings (SSSR count). The molecule has 0 aliphatic rings. The average Bonchev–Trinajstić information content (AvgIpc) is 2.67. The van der Waals surface area contributed by atoms with Gasteiger partial charge in [0.25, 0.3) is 0 Å². The van der Waals surface area contributed by atoms with Gasteiger partial charge in [-0.05, 0) is 39.0 Å². The molecule has 0 heterocycles. The lowest BCUT2D eigenvalue weighted by atomic mass is 10.0. The second-order valence-corrected chi connectivity index (χ2v) is 8.04. The van der Waals surface area contributed by atoms with Gasteiger partial charge in [-0.2, -0.15) is 0 Å². The Hall–Kier alpha value is -2.93. The third-order valence-electron chi connectivity index (χ3n) is 4.47. The van der Waals surface area contributed by atoms with Gasteiger partial charge in [-0.25, -0.2) is 4.79 Å². The van der Waals surface area contributed by atoms with Gasteiger partial charge in [-0.1, -0.05) is 13.8 Å². The van der Waals surface area contributed by atoms with Crippen molar-refractivity contribution < 1.29 is 29.4 Å². The van der Waals surface area contributed by atoms with Gasteiger partial charge in [-0.15, -0.1) is 0 Å². The average molecular weight is 460 g/mol. The van der Waals surface area contributed by atoms with Crippen molar-refractivity contribution in [3.63, 3.8) is 0 Å². The van der Waals surface area contributed by atoms with Crippen molar-refractivity contribution in [1.82, 2.24) is 16.0 Å². The van der Waals surface area contributed by atoms with E-state index >= 15 is 0 Å². The Labute approximate surface area is 187 Å². The molecule has 184 valence electrons. The van der Waals surface area contributed by atoms with E-state index in [2.05, 4.69) is 20.9 Å². The number of carboxylic acid groups (broad SMARTS) is 1. The standard InChI is InChI=1S/C19H37N7O6/c1-9(2)8-13(26-17(30)14(20)11(4)27)16(29)24-10(3)15(28)25-12(18(31)32)6-5-7-23-19(21)22/h9-14,27H,5-8,20H2,1-4H3,(H,24,29)(H,25,28)(H,26,30)(H,31,32)(H4,21,22,23)/t10-,11+,12-,13-,14-/m0/s1. The molecule has 0 saturated carbocycles. The molecule has 0 bridgehead atoms. The summed E-state index contributed by atoms with van der Waals surface area (Å²) in [6.45, 7) is 6.64. The molecule has 3 amide bonds. The van der Waals surface area contributed by atoms with Crippen LogP contribution in [-0.4, -0.2) is 76.7 Å². The number of nitrogens with one attached hydrogen (secondary N) is 3. The van der Waals surface area contributed by atoms with Crippen LogP contribution in [0.3, 0.4) is 0 Å². The van der Waals surface area contributed by atoms with E-state index in [1.54, 1.807) is 0 Å². The fraction of sp³-hybridized carbons (Fsp3) is 0.737. The number of nitrogens with two attached hydrogens (primary N) is 3. The Morgan fingerprint density at radius 1 is 0.906 bits per heavy atom. The van der Waals surface area contributed by atoms with Crippen molar-refractivity contribution in [3.8, 4) is 0 Å². The predicted molar refractivity (Wildman–Crippen MR) is 118 cm³/mol. The van der Waals surface area contributed by atoms with E-state index in [1.165, 1.54) is 13.8 Å². The summed E-state index contributed by atoms with van der Waals surface area (Å²) in [5.41, 5.74) is 16.0. The molecule has 5 atom stereocenters. The number of aliphatic carboxylic acids is 1. The zero-order valence-corrected chi connectivity index (χ0v) is 19.0. The molecule has 32 heavy (non-hydrogen) atoms. The van der Waals surface area contributed by atoms with Crippen molar-refractivity contribution >= 4 is 29.7 Å². The van der Waals surface area contributed by atoms with E-state index in [4.69, 9.17) is 17.2 Å². The third-order valence-corrected chi connectivity index (χ3v) is 4.47. The molecule has 0 saturated heterocycles. The fourth-order valence-corrected chi connectivity index (χ4v) is 2.63. The van der Waals surface area contributed by atoms with Crippen LogP contribution in [0.4, 0.5) is 0 Å². The van der Waals surface area contributed by atoms with Crippen LogP contribution < -0.4 is 33.2 Å². The van der Waals surface area contributed by atoms with Gasteiger partial charge in [0.05, 0.1) is 6.10 Å². The molecule has 13 nitrogen and oxygen atoms in total. The van der Waals surface area contributed by atoms with Crippen LogP contribution in [0.1, 0.15) is 47.0 Å². The quantitative estimate of drug-likeness (QED) is 0.0768. The maximum atomic E-state index is 12.7. The molecule has 0 radical (unpaired) electrons. The number of carbonyl (C=O) groups excluding carboxylic acids is 3. The number of rotatable bonds is 14. The number of guanidine groups is 1. The number of amides is 3. The van der Waals surface area contributed by atoms with E-state index in [0.717, 1.165) is 0 Å². The van der Waals surface area contributed by atoms with Crippen LogP contribution in [0.25, 0.3) is 0 Å². The fourth-order valence-electron chi connectivity index (χ4n) is 2.63. The highest BCUT2D eigenvalue weighted by Gasteiger charge is 2.29. The Morgan fingerprint density at radius 2 is 1.47 bits per heavy atom. The molecule has 13 heteroatoms. The van der Waals surface area contributed by atoms with Gasteiger partial charge in [0.2, 0.25) is 17.7 Å². The second kappa shape index (κ2) is 14.2. The van der Waals surface area contributed by atoms with Crippen molar-refractivity contribution in [3.05, 3.63) is 0 Å². The van der Waals surface area contributed by atoms with Gasteiger partial charge < -0.3 is 43.4 Å². The zero-order valence-electron chi connectivity index (χ0n) is 19.0. The van der Waals surface area contributed by atoms with E-state index in [1.807, 2.05) is 13.8 Å². The third kappa shape index (κ3) is 11.5. The first-order valence-electron chi connectivity index (χ1n) is 10.4. The lowest BCUT2D eigenvalue weighted by Crippen LogP contribution is -2.57. The van der Waals surface area contributed by atoms with E-state index < -0.39 is 54.0 Å². The lowest BCUT2D eigenvalue weighted by molar-refractivity contribution is -0.142. The molecule has 0 aromatic carbocycles. The monoisotopic (exact) mass is 459 g/mol. The number of aliphatic hydroxyl groups excluding tert-OH is 1. The predicted octanol–water partition coefficient (Wildman–Crippen LogP) is -2.65. The summed E-state index contributed by atoms with van der Waals surface area (Å²) >= 11 is 0. The van der Waals surface area contributed by atoms with Crippen LogP contribution in [0.5, 0.6) is 0 Å². The number of hydrogen-bond donors (Lipinski definition) is 8. The Morgan fingerprint density at radius 3 is 1.94 bits per heavy atom. The summed E-state index contributed by atoms with van der Waals surface area (Å²) in [7, 11) is 0. The van der Waals surface area contributed by atoms with Gasteiger partial charge in [0, 0.05) is 6.54 Å². The van der Waals surface area contributed by atoms with Crippen molar-refractivity contribution in [2.45, 2.75) is 77.2 Å². The summed E-state index contributed by atoms with van der Waals surface area (Å²) in [5, 5.41) is 26.1. The van der Waals surface area contributed by atoms with Crippen molar-refractivity contribution in [2.75, 3.05) is 6.54 Å². The summed E-state index contributed by atoms with van der Waals surface area (Å²) < 4.78 is 0. The first kappa shape index (κ1) is 29.1. The maximum Gasteiger partial charge on any atom is 0.326 e. The van der Waals surface area contributed by atoms with Crippen LogP contribution in [-0.2, 0) is 19.2 Å². The van der Waals surface area contributed by atoms with Crippen LogP contribution in [0.2, 0.25) is 0 Å². The highest BCUT2D eigenvalue weighted by Crippen LogP contribution is 2.07. The SMILES string of the molecule is CC(C)C[C@H](NC(=O)[C@@H](N)[C@@H](C)O)C(=O)N[C@@H](C)C(=O)N[C@@H](CCCN=C(N)N)C(=O)O. The van der Waals surface area contributed by atoms with Crippen LogP contribution in [0.15, 0.2) is 4.99 Å². The molecule has 0 fully saturated rings. The van der Waals surface area contributed by atoms with Crippen molar-refractivity contribution in [1.29, 1.82) is 0 Å². The second-order valence-electron chi connectivity index (χ2n) is 8.04. The Kier molecular flexibility index (Phi) is 12.9. The van der Waals surface area contributed by atoms with Gasteiger partial charge in [0.1, 0.15) is 24.2 Å². The molecular formula is C19H37N7O6. The zero-order chi connectivity index (χ0) is 25.0. The highest BCUT2D eigenvalue weighted by atomic mass is 16.4. The number of aliphatic hydroxyl groups is 1. The van der Waals surface area contributed by atoms with E-state index in [-0.39, 0.29) is 31.3 Å². The number of carbonyl (C=O) groups is 4. The molecule has 0 aromatic heterocycles. The summed E-state index contributed by atoms with van der Waals surface area (Å²) in [6, 6.07) is -4.46. The van der Waals surface area contributed by atoms with E-state index in [9.17, 15) is 29.4 Å². The summed E-state index contributed by atoms with van der Waals surface area (Å²) in [4.78, 5) is 52.4. The molecule has 0 spiro atoms. The van der Waals surface area contributed by atoms with Crippen LogP contribution >= 0.6 is 0 Å². The molecule has 11 N–H and O–H groups in total. The number of carboxylic acids is 1. The first-order chi connectivity index (χ1) is 14.8. The lowest BCUT2D eigenvalue weighted by Gasteiger charge is -2.25. The molecular weight excluding hydrogens is 422 g/mol. The molecule has 0 aliphatic heterocycles. The van der Waals surface area contributed by atoms with E-state index in [0.29, 0.717) is 6.42 Å². The topological polar surface area (TPSA) is 235 Å². The van der Waals surface area contributed by atoms with Gasteiger partial charge in [0.15, 0.2) is 5.96 Å². The minimum atomic E-state index is -1.24. The number of nitrogens with zero attached hydrogens (tertiary/aromatic N) is 1. The normalized spacial score (nSPS) is 15.6. The van der Waals surface area contributed by atoms with Crippen molar-refractivity contribution in [2.24, 2.45) is 28.1 Å². The van der Waals surface area contributed by atoms with Crippen LogP contribution in [0, 0.1) is 5.92 Å². The smallest absolute Gasteiger partial charge is 0.326 e. The minimum absolute atomic E-state index is 0.0274. The summed E-state index contributed by atoms with van der Waals surface area (Å²) in [5.74, 6) is -3.37. The Balaban J connectivity index is 5.01. The van der Waals surface area contributed by atoms with Gasteiger partial charge >= 0.3 is 5.97 Å².